The molecule has 134 valence electrons. The Hall–Kier alpha value is -2.78. The van der Waals surface area contributed by atoms with Crippen LogP contribution in [0.5, 0.6) is 0 Å². The lowest BCUT2D eigenvalue weighted by Crippen LogP contribution is -2.15. The Morgan fingerprint density at radius 1 is 0.923 bits per heavy atom. The van der Waals surface area contributed by atoms with Crippen molar-refractivity contribution in [3.05, 3.63) is 71.3 Å². The number of halogens is 3. The molecule has 0 unspecified atom stereocenters. The Morgan fingerprint density at radius 2 is 1.62 bits per heavy atom. The molecule has 0 spiro atoms. The van der Waals surface area contributed by atoms with E-state index < -0.39 is 21.7 Å². The summed E-state index contributed by atoms with van der Waals surface area (Å²) in [5, 5.41) is 10.2. The summed E-state index contributed by atoms with van der Waals surface area (Å²) >= 11 is 5.89. The molecule has 0 radical (unpaired) electrons. The van der Waals surface area contributed by atoms with Gasteiger partial charge in [-0.15, -0.1) is 10.2 Å². The first kappa shape index (κ1) is 18.0. The van der Waals surface area contributed by atoms with E-state index in [1.807, 2.05) is 0 Å². The van der Waals surface area contributed by atoms with Gasteiger partial charge in [0.05, 0.1) is 10.7 Å². The average molecular weight is 397 g/mol. The van der Waals surface area contributed by atoms with Crippen LogP contribution < -0.4 is 10.0 Å². The highest BCUT2D eigenvalue weighted by molar-refractivity contribution is 7.92. The molecule has 2 N–H and O–H groups in total. The maximum atomic E-state index is 13.6. The molecule has 0 aliphatic heterocycles. The summed E-state index contributed by atoms with van der Waals surface area (Å²) in [5.41, 5.74) is 0.00472. The van der Waals surface area contributed by atoms with E-state index in [0.29, 0.717) is 0 Å². The molecule has 0 aliphatic carbocycles. The number of hydrogen-bond donors (Lipinski definition) is 2. The zero-order valence-corrected chi connectivity index (χ0v) is 14.5. The van der Waals surface area contributed by atoms with Crippen LogP contribution in [-0.2, 0) is 10.0 Å². The summed E-state index contributed by atoms with van der Waals surface area (Å²) < 4.78 is 53.4. The predicted molar refractivity (Wildman–Crippen MR) is 93.9 cm³/mol. The number of hydrogen-bond acceptors (Lipinski definition) is 5. The largest absolute Gasteiger partial charge is 0.336 e. The van der Waals surface area contributed by atoms with Gasteiger partial charge in [0.25, 0.3) is 10.0 Å². The van der Waals surface area contributed by atoms with Gasteiger partial charge in [0.1, 0.15) is 16.5 Å². The van der Waals surface area contributed by atoms with Crippen molar-refractivity contribution in [1.29, 1.82) is 0 Å². The molecule has 6 nitrogen and oxygen atoms in total. The summed E-state index contributed by atoms with van der Waals surface area (Å²) in [6.07, 6.45) is 0. The van der Waals surface area contributed by atoms with Crippen molar-refractivity contribution >= 4 is 38.9 Å². The lowest BCUT2D eigenvalue weighted by molar-refractivity contribution is 0.586. The Bertz CT molecular complexity index is 1050. The third kappa shape index (κ3) is 4.06. The Balaban J connectivity index is 1.76. The van der Waals surface area contributed by atoms with Crippen LogP contribution in [-0.4, -0.2) is 18.6 Å². The normalized spacial score (nSPS) is 11.2. The van der Waals surface area contributed by atoms with Crippen LogP contribution in [0.3, 0.4) is 0 Å². The minimum atomic E-state index is -3.93. The summed E-state index contributed by atoms with van der Waals surface area (Å²) in [6.45, 7) is 0. The molecule has 26 heavy (non-hydrogen) atoms. The first-order chi connectivity index (χ1) is 12.3. The fourth-order valence-corrected chi connectivity index (χ4v) is 3.55. The van der Waals surface area contributed by atoms with Crippen molar-refractivity contribution < 1.29 is 17.2 Å². The number of rotatable bonds is 5. The van der Waals surface area contributed by atoms with Gasteiger partial charge in [0.2, 0.25) is 0 Å². The Morgan fingerprint density at radius 3 is 2.27 bits per heavy atom. The van der Waals surface area contributed by atoms with E-state index in [4.69, 9.17) is 11.6 Å². The van der Waals surface area contributed by atoms with Gasteiger partial charge in [-0.25, -0.2) is 17.2 Å². The van der Waals surface area contributed by atoms with Crippen LogP contribution in [0.15, 0.2) is 59.5 Å². The summed E-state index contributed by atoms with van der Waals surface area (Å²) in [4.78, 5) is -0.0981. The maximum Gasteiger partial charge on any atom is 0.264 e. The third-order valence-corrected chi connectivity index (χ3v) is 5.08. The van der Waals surface area contributed by atoms with E-state index in [0.717, 1.165) is 12.1 Å². The maximum absolute atomic E-state index is 13.6. The molecule has 0 saturated carbocycles. The molecule has 1 aromatic heterocycles. The second-order valence-electron chi connectivity index (χ2n) is 5.09. The van der Waals surface area contributed by atoms with Gasteiger partial charge >= 0.3 is 0 Å². The van der Waals surface area contributed by atoms with Crippen molar-refractivity contribution in [2.45, 2.75) is 4.90 Å². The number of anilines is 3. The predicted octanol–water partition coefficient (Wildman–Crippen LogP) is 3.95. The standard InChI is InChI=1S/C16H11ClF2N4O2S/c17-11-3-1-2-4-14(11)26(24,25)23-16-8-7-15(21-22-16)20-13-6-5-10(18)9-12(13)19/h1-9H,(H,20,21)(H,22,23). The highest BCUT2D eigenvalue weighted by Gasteiger charge is 2.18. The molecule has 3 aromatic rings. The van der Waals surface area contributed by atoms with E-state index in [2.05, 4.69) is 20.2 Å². The van der Waals surface area contributed by atoms with E-state index in [1.54, 1.807) is 6.07 Å². The SMILES string of the molecule is O=S(=O)(Nc1ccc(Nc2ccc(F)cc2F)nn1)c1ccccc1Cl. The molecule has 3 rings (SSSR count). The quantitative estimate of drug-likeness (QED) is 0.682. The smallest absolute Gasteiger partial charge is 0.264 e. The van der Waals surface area contributed by atoms with Crippen molar-refractivity contribution in [3.63, 3.8) is 0 Å². The van der Waals surface area contributed by atoms with Crippen molar-refractivity contribution in [2.75, 3.05) is 10.0 Å². The van der Waals surface area contributed by atoms with E-state index in [-0.39, 0.29) is 27.2 Å². The zero-order chi connectivity index (χ0) is 18.7. The second-order valence-corrected chi connectivity index (χ2v) is 7.15. The molecule has 0 atom stereocenters. The van der Waals surface area contributed by atoms with Crippen molar-refractivity contribution in [2.24, 2.45) is 0 Å². The van der Waals surface area contributed by atoms with Crippen molar-refractivity contribution in [1.82, 2.24) is 10.2 Å². The van der Waals surface area contributed by atoms with Gasteiger partial charge in [0.15, 0.2) is 11.6 Å². The van der Waals surface area contributed by atoms with Gasteiger partial charge < -0.3 is 5.32 Å². The minimum Gasteiger partial charge on any atom is -0.336 e. The van der Waals surface area contributed by atoms with E-state index in [1.165, 1.54) is 36.4 Å². The number of nitrogens with one attached hydrogen (secondary N) is 2. The fourth-order valence-electron chi connectivity index (χ4n) is 2.04. The molecule has 0 amide bonds. The molecule has 0 aliphatic rings. The lowest BCUT2D eigenvalue weighted by atomic mass is 10.3. The summed E-state index contributed by atoms with van der Waals surface area (Å²) in [6, 6.07) is 11.7. The highest BCUT2D eigenvalue weighted by Crippen LogP contribution is 2.23. The van der Waals surface area contributed by atoms with Gasteiger partial charge in [-0.05, 0) is 36.4 Å². The lowest BCUT2D eigenvalue weighted by Gasteiger charge is -2.09. The monoisotopic (exact) mass is 396 g/mol. The molecule has 0 bridgehead atoms. The number of sulfonamides is 1. The second kappa shape index (κ2) is 7.22. The molecular formula is C16H11ClF2N4O2S. The van der Waals surface area contributed by atoms with Crippen LogP contribution in [0, 0.1) is 11.6 Å². The molecule has 1 heterocycles. The van der Waals surface area contributed by atoms with Crippen LogP contribution in [0.1, 0.15) is 0 Å². The molecule has 10 heteroatoms. The summed E-state index contributed by atoms with van der Waals surface area (Å²) in [5.74, 6) is -1.40. The topological polar surface area (TPSA) is 84.0 Å². The van der Waals surface area contributed by atoms with Crippen molar-refractivity contribution in [3.8, 4) is 0 Å². The molecule has 0 fully saturated rings. The highest BCUT2D eigenvalue weighted by atomic mass is 35.5. The first-order valence-corrected chi connectivity index (χ1v) is 9.04. The minimum absolute atomic E-state index is 0.00472. The molecule has 0 saturated heterocycles. The first-order valence-electron chi connectivity index (χ1n) is 7.18. The Kier molecular flexibility index (Phi) is 5.01. The Labute approximate surface area is 152 Å². The fraction of sp³-hybridized carbons (Fsp3) is 0. The van der Waals surface area contributed by atoms with Gasteiger partial charge in [-0.1, -0.05) is 23.7 Å². The van der Waals surface area contributed by atoms with Crippen LogP contribution >= 0.6 is 11.6 Å². The van der Waals surface area contributed by atoms with Gasteiger partial charge in [-0.2, -0.15) is 0 Å². The summed E-state index contributed by atoms with van der Waals surface area (Å²) in [7, 11) is -3.93. The van der Waals surface area contributed by atoms with Crippen LogP contribution in [0.4, 0.5) is 26.1 Å². The number of benzene rings is 2. The van der Waals surface area contributed by atoms with Gasteiger partial charge in [0, 0.05) is 6.07 Å². The zero-order valence-electron chi connectivity index (χ0n) is 12.9. The van der Waals surface area contributed by atoms with Gasteiger partial charge in [-0.3, -0.25) is 4.72 Å². The number of nitrogens with zero attached hydrogens (tertiary/aromatic N) is 2. The number of aromatic nitrogens is 2. The molecule has 2 aromatic carbocycles. The van der Waals surface area contributed by atoms with E-state index in [9.17, 15) is 17.2 Å². The van der Waals surface area contributed by atoms with E-state index >= 15 is 0 Å². The third-order valence-electron chi connectivity index (χ3n) is 3.22. The average Bonchev–Trinajstić information content (AvgIpc) is 2.59. The van der Waals surface area contributed by atoms with Crippen LogP contribution in [0.25, 0.3) is 0 Å². The van der Waals surface area contributed by atoms with Crippen LogP contribution in [0.2, 0.25) is 5.02 Å². The molecular weight excluding hydrogens is 386 g/mol.